The van der Waals surface area contributed by atoms with Crippen molar-refractivity contribution in [1.29, 1.82) is 0 Å². The van der Waals surface area contributed by atoms with Crippen LogP contribution in [0.4, 0.5) is 0 Å². The van der Waals surface area contributed by atoms with Crippen molar-refractivity contribution in [3.63, 3.8) is 0 Å². The Morgan fingerprint density at radius 2 is 1.30 bits per heavy atom. The van der Waals surface area contributed by atoms with Crippen molar-refractivity contribution in [3.8, 4) is 5.75 Å². The van der Waals surface area contributed by atoms with E-state index >= 15 is 0 Å². The van der Waals surface area contributed by atoms with Crippen LogP contribution in [0.25, 0.3) is 0 Å². The molecule has 0 aliphatic carbocycles. The number of sulfone groups is 1. The van der Waals surface area contributed by atoms with Crippen molar-refractivity contribution in [3.05, 3.63) is 54.6 Å². The lowest BCUT2D eigenvalue weighted by Gasteiger charge is -2.07. The Morgan fingerprint density at radius 1 is 0.750 bits per heavy atom. The van der Waals surface area contributed by atoms with Crippen LogP contribution in [0.1, 0.15) is 0 Å². The summed E-state index contributed by atoms with van der Waals surface area (Å²) in [6.45, 7) is 0. The van der Waals surface area contributed by atoms with Crippen LogP contribution in [0, 0.1) is 0 Å². The van der Waals surface area contributed by atoms with Gasteiger partial charge in [0, 0.05) is 6.26 Å². The molecule has 106 valence electrons. The maximum atomic E-state index is 11.9. The third kappa shape index (κ3) is 3.37. The van der Waals surface area contributed by atoms with E-state index in [1.54, 1.807) is 18.2 Å². The molecule has 0 bridgehead atoms. The summed E-state index contributed by atoms with van der Waals surface area (Å²) in [7, 11) is -7.23. The molecule has 0 heterocycles. The summed E-state index contributed by atoms with van der Waals surface area (Å²) < 4.78 is 51.4. The van der Waals surface area contributed by atoms with Gasteiger partial charge in [0.2, 0.25) is 0 Å². The van der Waals surface area contributed by atoms with Crippen LogP contribution in [-0.2, 0) is 20.0 Å². The molecule has 0 N–H and O–H groups in total. The summed E-state index contributed by atoms with van der Waals surface area (Å²) in [5.74, 6) is 0.0567. The molecule has 2 aromatic carbocycles. The molecule has 2 aromatic rings. The smallest absolute Gasteiger partial charge is 0.339 e. The van der Waals surface area contributed by atoms with Crippen molar-refractivity contribution < 1.29 is 21.0 Å². The maximum absolute atomic E-state index is 11.9. The minimum Gasteiger partial charge on any atom is -0.379 e. The molecule has 7 heteroatoms. The second-order valence-corrected chi connectivity index (χ2v) is 7.66. The predicted molar refractivity (Wildman–Crippen MR) is 73.8 cm³/mol. The highest BCUT2D eigenvalue weighted by atomic mass is 32.2. The number of rotatable bonds is 4. The topological polar surface area (TPSA) is 77.5 Å². The molecule has 0 aliphatic rings. The van der Waals surface area contributed by atoms with Gasteiger partial charge < -0.3 is 4.18 Å². The highest BCUT2D eigenvalue weighted by Crippen LogP contribution is 2.20. The van der Waals surface area contributed by atoms with E-state index in [2.05, 4.69) is 0 Å². The first-order chi connectivity index (χ1) is 9.29. The zero-order chi connectivity index (χ0) is 14.8. The van der Waals surface area contributed by atoms with E-state index in [0.717, 1.165) is 6.26 Å². The van der Waals surface area contributed by atoms with E-state index in [1.165, 1.54) is 36.4 Å². The lowest BCUT2D eigenvalue weighted by atomic mass is 10.3. The SMILES string of the molecule is CS(=O)(=O)c1ccc(OS(=O)(=O)c2ccccc2)cc1. The van der Waals surface area contributed by atoms with Crippen LogP contribution in [-0.4, -0.2) is 23.1 Å². The first kappa shape index (κ1) is 14.5. The van der Waals surface area contributed by atoms with Gasteiger partial charge in [-0.05, 0) is 36.4 Å². The maximum Gasteiger partial charge on any atom is 0.339 e. The normalized spacial score (nSPS) is 12.1. The highest BCUT2D eigenvalue weighted by Gasteiger charge is 2.16. The Kier molecular flexibility index (Phi) is 3.82. The first-order valence-electron chi connectivity index (χ1n) is 5.59. The van der Waals surface area contributed by atoms with Crippen molar-refractivity contribution in [2.24, 2.45) is 0 Å². The molecule has 0 unspecified atom stereocenters. The third-order valence-electron chi connectivity index (χ3n) is 2.49. The molecule has 5 nitrogen and oxygen atoms in total. The summed E-state index contributed by atoms with van der Waals surface area (Å²) in [5.41, 5.74) is 0. The standard InChI is InChI=1S/C13H12O5S2/c1-19(14,15)12-9-7-11(8-10-12)18-20(16,17)13-5-3-2-4-6-13/h2-10H,1H3. The van der Waals surface area contributed by atoms with Gasteiger partial charge in [-0.3, -0.25) is 0 Å². The van der Waals surface area contributed by atoms with Gasteiger partial charge in [0.05, 0.1) is 4.90 Å². The lowest BCUT2D eigenvalue weighted by Crippen LogP contribution is -2.09. The Bertz CT molecular complexity index is 792. The fourth-order valence-electron chi connectivity index (χ4n) is 1.50. The molecule has 20 heavy (non-hydrogen) atoms. The van der Waals surface area contributed by atoms with Crippen LogP contribution in [0.2, 0.25) is 0 Å². The lowest BCUT2D eigenvalue weighted by molar-refractivity contribution is 0.486. The molecule has 2 rings (SSSR count). The molecular formula is C13H12O5S2. The van der Waals surface area contributed by atoms with Gasteiger partial charge in [-0.15, -0.1) is 0 Å². The fraction of sp³-hybridized carbons (Fsp3) is 0.0769. The number of benzene rings is 2. The van der Waals surface area contributed by atoms with Gasteiger partial charge in [-0.2, -0.15) is 8.42 Å². The summed E-state index contributed by atoms with van der Waals surface area (Å²) in [6, 6.07) is 12.9. The first-order valence-corrected chi connectivity index (χ1v) is 8.89. The number of hydrogen-bond donors (Lipinski definition) is 0. The predicted octanol–water partition coefficient (Wildman–Crippen LogP) is 1.86. The summed E-state index contributed by atoms with van der Waals surface area (Å²) >= 11 is 0. The van der Waals surface area contributed by atoms with Gasteiger partial charge in [-0.25, -0.2) is 8.42 Å². The summed E-state index contributed by atoms with van der Waals surface area (Å²) in [6.07, 6.45) is 1.07. The Hall–Kier alpha value is -1.86. The van der Waals surface area contributed by atoms with Crippen molar-refractivity contribution in [1.82, 2.24) is 0 Å². The van der Waals surface area contributed by atoms with E-state index in [1.807, 2.05) is 0 Å². The van der Waals surface area contributed by atoms with Crippen LogP contribution in [0.3, 0.4) is 0 Å². The van der Waals surface area contributed by atoms with E-state index in [4.69, 9.17) is 4.18 Å². The van der Waals surface area contributed by atoms with Gasteiger partial charge in [0.15, 0.2) is 9.84 Å². The highest BCUT2D eigenvalue weighted by molar-refractivity contribution is 7.90. The fourth-order valence-corrected chi connectivity index (χ4v) is 3.09. The Morgan fingerprint density at radius 3 is 1.80 bits per heavy atom. The van der Waals surface area contributed by atoms with Gasteiger partial charge in [0.1, 0.15) is 10.6 Å². The average Bonchev–Trinajstić information content (AvgIpc) is 2.39. The Labute approximate surface area is 117 Å². The van der Waals surface area contributed by atoms with Crippen LogP contribution in [0.5, 0.6) is 5.75 Å². The van der Waals surface area contributed by atoms with E-state index in [-0.39, 0.29) is 15.5 Å². The second-order valence-electron chi connectivity index (χ2n) is 4.09. The molecular weight excluding hydrogens is 300 g/mol. The molecule has 0 aromatic heterocycles. The molecule has 0 saturated heterocycles. The molecule has 0 atom stereocenters. The van der Waals surface area contributed by atoms with Crippen LogP contribution in [0.15, 0.2) is 64.4 Å². The quantitative estimate of drug-likeness (QED) is 0.805. The minimum absolute atomic E-state index is 0.0344. The van der Waals surface area contributed by atoms with Crippen molar-refractivity contribution >= 4 is 20.0 Å². The summed E-state index contributed by atoms with van der Waals surface area (Å²) in [5, 5.41) is 0. The van der Waals surface area contributed by atoms with Crippen LogP contribution < -0.4 is 4.18 Å². The largest absolute Gasteiger partial charge is 0.379 e. The molecule has 0 radical (unpaired) electrons. The Balaban J connectivity index is 2.27. The monoisotopic (exact) mass is 312 g/mol. The third-order valence-corrected chi connectivity index (χ3v) is 4.88. The molecule has 0 spiro atoms. The molecule has 0 aliphatic heterocycles. The zero-order valence-electron chi connectivity index (χ0n) is 10.6. The van der Waals surface area contributed by atoms with Crippen molar-refractivity contribution in [2.75, 3.05) is 6.26 Å². The van der Waals surface area contributed by atoms with Gasteiger partial charge in [-0.1, -0.05) is 18.2 Å². The number of hydrogen-bond acceptors (Lipinski definition) is 5. The van der Waals surface area contributed by atoms with E-state index in [9.17, 15) is 16.8 Å². The molecule has 0 saturated carbocycles. The average molecular weight is 312 g/mol. The van der Waals surface area contributed by atoms with Gasteiger partial charge >= 0.3 is 10.1 Å². The second kappa shape index (κ2) is 5.26. The van der Waals surface area contributed by atoms with E-state index in [0.29, 0.717) is 0 Å². The summed E-state index contributed by atoms with van der Waals surface area (Å²) in [4.78, 5) is 0.133. The molecule has 0 amide bonds. The van der Waals surface area contributed by atoms with Gasteiger partial charge in [0.25, 0.3) is 0 Å². The minimum atomic E-state index is -3.91. The van der Waals surface area contributed by atoms with Crippen molar-refractivity contribution in [2.45, 2.75) is 9.79 Å². The van der Waals surface area contributed by atoms with Crippen LogP contribution >= 0.6 is 0 Å². The zero-order valence-corrected chi connectivity index (χ0v) is 12.2. The molecule has 0 fully saturated rings. The van der Waals surface area contributed by atoms with E-state index < -0.39 is 20.0 Å².